The van der Waals surface area contributed by atoms with Crippen molar-refractivity contribution in [2.24, 2.45) is 11.8 Å². The number of aryl methyl sites for hydroxylation is 1. The molecule has 0 amide bonds. The molecule has 4 rings (SSSR count). The van der Waals surface area contributed by atoms with Crippen LogP contribution in [0.1, 0.15) is 101 Å². The van der Waals surface area contributed by atoms with Crippen molar-refractivity contribution in [2.75, 3.05) is 21.1 Å². The van der Waals surface area contributed by atoms with Crippen LogP contribution in [0.3, 0.4) is 0 Å². The van der Waals surface area contributed by atoms with Crippen LogP contribution in [0.25, 0.3) is 0 Å². The molecule has 0 radical (unpaired) electrons. The molecule has 1 N–H and O–H groups in total. The van der Waals surface area contributed by atoms with E-state index in [4.69, 9.17) is 0 Å². The number of hydrogen-bond donors (Lipinski definition) is 1. The number of likely N-dealkylation sites (N-methyl/N-ethyl adjacent to an activating group) is 2. The summed E-state index contributed by atoms with van der Waals surface area (Å²) in [6, 6.07) is 5.91. The van der Waals surface area contributed by atoms with Crippen molar-refractivity contribution in [1.82, 2.24) is 9.80 Å². The third-order valence-corrected chi connectivity index (χ3v) is 9.19. The van der Waals surface area contributed by atoms with Gasteiger partial charge < -0.3 is 10.0 Å². The lowest BCUT2D eigenvalue weighted by Gasteiger charge is -2.42. The zero-order valence-electron chi connectivity index (χ0n) is 21.5. The molecule has 0 spiro atoms. The molecule has 3 saturated carbocycles. The smallest absolute Gasteiger partial charge is 0.123 e. The first-order chi connectivity index (χ1) is 15.3. The third kappa shape index (κ3) is 5.04. The number of fused-ring (bicyclic) bond motifs is 2. The van der Waals surface area contributed by atoms with Crippen LogP contribution < -0.4 is 0 Å². The number of phenolic OH excluding ortho intramolecular Hbond substituents is 1. The molecular formula is C29H48N2O. The lowest BCUT2D eigenvalue weighted by molar-refractivity contribution is 0.0871. The van der Waals surface area contributed by atoms with E-state index in [1.807, 2.05) is 0 Å². The topological polar surface area (TPSA) is 26.7 Å². The van der Waals surface area contributed by atoms with Gasteiger partial charge in [0.15, 0.2) is 0 Å². The van der Waals surface area contributed by atoms with Gasteiger partial charge in [0.2, 0.25) is 0 Å². The second-order valence-corrected chi connectivity index (χ2v) is 12.1. The summed E-state index contributed by atoms with van der Waals surface area (Å²) >= 11 is 0. The lowest BCUT2D eigenvalue weighted by Crippen LogP contribution is -2.49. The summed E-state index contributed by atoms with van der Waals surface area (Å²) < 4.78 is 0. The molecule has 1 aromatic rings. The maximum absolute atomic E-state index is 11.6. The van der Waals surface area contributed by atoms with Crippen LogP contribution in [0.4, 0.5) is 0 Å². The molecule has 32 heavy (non-hydrogen) atoms. The SMILES string of the molecule is CCCCc1cc(CN(C)[C@@H]2CCCC[C@H]2N(C)C)c(O)c(C2(C)C[C@@H]3CC[C@H](C3)C2)c1. The molecule has 3 nitrogen and oxygen atoms in total. The molecule has 3 aliphatic rings. The summed E-state index contributed by atoms with van der Waals surface area (Å²) in [4.78, 5) is 4.96. The number of unbranched alkanes of at least 4 members (excludes halogenated alkanes) is 1. The molecule has 2 bridgehead atoms. The monoisotopic (exact) mass is 440 g/mol. The van der Waals surface area contributed by atoms with E-state index in [-0.39, 0.29) is 5.41 Å². The highest BCUT2D eigenvalue weighted by Gasteiger charge is 2.43. The average molecular weight is 441 g/mol. The van der Waals surface area contributed by atoms with Gasteiger partial charge in [-0.1, -0.05) is 58.1 Å². The van der Waals surface area contributed by atoms with E-state index in [0.29, 0.717) is 17.8 Å². The number of phenols is 1. The van der Waals surface area contributed by atoms with Gasteiger partial charge in [0.25, 0.3) is 0 Å². The normalized spacial score (nSPS) is 32.7. The van der Waals surface area contributed by atoms with Gasteiger partial charge in [-0.15, -0.1) is 0 Å². The lowest BCUT2D eigenvalue weighted by atomic mass is 9.66. The fourth-order valence-corrected chi connectivity index (χ4v) is 7.59. The number of aromatic hydroxyl groups is 1. The summed E-state index contributed by atoms with van der Waals surface area (Å²) in [5.41, 5.74) is 4.01. The van der Waals surface area contributed by atoms with E-state index < -0.39 is 0 Å². The van der Waals surface area contributed by atoms with Crippen molar-refractivity contribution in [2.45, 2.75) is 115 Å². The highest BCUT2D eigenvalue weighted by Crippen LogP contribution is 2.53. The Morgan fingerprint density at radius 3 is 2.25 bits per heavy atom. The van der Waals surface area contributed by atoms with Gasteiger partial charge in [0.05, 0.1) is 0 Å². The molecule has 3 fully saturated rings. The van der Waals surface area contributed by atoms with Gasteiger partial charge in [-0.25, -0.2) is 0 Å². The van der Waals surface area contributed by atoms with Crippen LogP contribution in [-0.4, -0.2) is 48.1 Å². The van der Waals surface area contributed by atoms with Crippen molar-refractivity contribution in [1.29, 1.82) is 0 Å². The Morgan fingerprint density at radius 2 is 1.62 bits per heavy atom. The number of nitrogens with zero attached hydrogens (tertiary/aromatic N) is 2. The number of benzene rings is 1. The molecule has 0 aliphatic heterocycles. The van der Waals surface area contributed by atoms with Crippen molar-refractivity contribution < 1.29 is 5.11 Å². The minimum atomic E-state index is 0.140. The Kier molecular flexibility index (Phi) is 7.56. The largest absolute Gasteiger partial charge is 0.507 e. The first-order valence-electron chi connectivity index (χ1n) is 13.5. The number of hydrogen-bond acceptors (Lipinski definition) is 3. The minimum Gasteiger partial charge on any atom is -0.507 e. The maximum atomic E-state index is 11.6. The van der Waals surface area contributed by atoms with E-state index >= 15 is 0 Å². The Labute approximate surface area is 197 Å². The average Bonchev–Trinajstić information content (AvgIpc) is 3.12. The third-order valence-electron chi connectivity index (χ3n) is 9.19. The maximum Gasteiger partial charge on any atom is 0.123 e. The highest BCUT2D eigenvalue weighted by molar-refractivity contribution is 5.48. The van der Waals surface area contributed by atoms with Crippen LogP contribution in [0.15, 0.2) is 12.1 Å². The Bertz CT molecular complexity index is 761. The molecular weight excluding hydrogens is 392 g/mol. The van der Waals surface area contributed by atoms with Gasteiger partial charge in [0, 0.05) is 29.8 Å². The molecule has 1 aromatic carbocycles. The van der Waals surface area contributed by atoms with E-state index in [1.165, 1.54) is 87.3 Å². The van der Waals surface area contributed by atoms with Crippen molar-refractivity contribution in [3.05, 3.63) is 28.8 Å². The second-order valence-electron chi connectivity index (χ2n) is 12.1. The Hall–Kier alpha value is -1.06. The first-order valence-corrected chi connectivity index (χ1v) is 13.5. The van der Waals surface area contributed by atoms with Crippen LogP contribution in [-0.2, 0) is 18.4 Å². The molecule has 0 unspecified atom stereocenters. The summed E-state index contributed by atoms with van der Waals surface area (Å²) in [7, 11) is 6.75. The summed E-state index contributed by atoms with van der Waals surface area (Å²) in [6.07, 6.45) is 15.6. The predicted molar refractivity (Wildman–Crippen MR) is 135 cm³/mol. The van der Waals surface area contributed by atoms with Crippen LogP contribution in [0.2, 0.25) is 0 Å². The zero-order valence-corrected chi connectivity index (χ0v) is 21.5. The molecule has 4 atom stereocenters. The highest BCUT2D eigenvalue weighted by atomic mass is 16.3. The quantitative estimate of drug-likeness (QED) is 0.499. The van der Waals surface area contributed by atoms with Crippen LogP contribution >= 0.6 is 0 Å². The van der Waals surface area contributed by atoms with Crippen LogP contribution in [0.5, 0.6) is 5.75 Å². The molecule has 3 aliphatic carbocycles. The summed E-state index contributed by atoms with van der Waals surface area (Å²) in [5.74, 6) is 2.34. The Balaban J connectivity index is 1.63. The zero-order chi connectivity index (χ0) is 22.9. The van der Waals surface area contributed by atoms with E-state index in [9.17, 15) is 5.11 Å². The Morgan fingerprint density at radius 1 is 0.969 bits per heavy atom. The number of rotatable bonds is 8. The molecule has 0 aromatic heterocycles. The molecule has 0 heterocycles. The molecule has 3 heteroatoms. The van der Waals surface area contributed by atoms with E-state index in [0.717, 1.165) is 24.8 Å². The van der Waals surface area contributed by atoms with Crippen molar-refractivity contribution in [3.63, 3.8) is 0 Å². The van der Waals surface area contributed by atoms with Gasteiger partial charge in [-0.3, -0.25) is 4.90 Å². The second kappa shape index (κ2) is 10.1. The van der Waals surface area contributed by atoms with Gasteiger partial charge >= 0.3 is 0 Å². The predicted octanol–water partition coefficient (Wildman–Crippen LogP) is 6.51. The fraction of sp³-hybridized carbons (Fsp3) is 0.793. The summed E-state index contributed by atoms with van der Waals surface area (Å²) in [6.45, 7) is 5.59. The summed E-state index contributed by atoms with van der Waals surface area (Å²) in [5, 5.41) is 11.6. The molecule has 180 valence electrons. The fourth-order valence-electron chi connectivity index (χ4n) is 7.59. The van der Waals surface area contributed by atoms with Gasteiger partial charge in [-0.2, -0.15) is 0 Å². The van der Waals surface area contributed by atoms with Crippen molar-refractivity contribution >= 4 is 0 Å². The van der Waals surface area contributed by atoms with Gasteiger partial charge in [0.1, 0.15) is 5.75 Å². The van der Waals surface area contributed by atoms with E-state index in [1.54, 1.807) is 0 Å². The van der Waals surface area contributed by atoms with Crippen molar-refractivity contribution in [3.8, 4) is 5.75 Å². The standard InChI is InChI=1S/C29H48N2O/c1-6-7-10-21-16-24(20-31(5)27-12-9-8-11-26(27)30(3)4)28(32)25(17-21)29(2)18-22-13-14-23(15-22)19-29/h16-17,22-23,26-27,32H,6-15,18-20H2,1-5H3/t22-,23-,26-,27-/m1/s1. The molecule has 0 saturated heterocycles. The van der Waals surface area contributed by atoms with Crippen LogP contribution in [0, 0.1) is 11.8 Å². The first kappa shape index (κ1) is 24.1. The van der Waals surface area contributed by atoms with E-state index in [2.05, 4.69) is 56.9 Å². The van der Waals surface area contributed by atoms with Gasteiger partial charge in [-0.05, 0) is 88.9 Å². The minimum absolute atomic E-state index is 0.140.